The third-order valence-electron chi connectivity index (χ3n) is 2.89. The molecule has 0 radical (unpaired) electrons. The zero-order valence-electron chi connectivity index (χ0n) is 11.5. The van der Waals surface area contributed by atoms with Crippen molar-refractivity contribution < 1.29 is 13.7 Å². The summed E-state index contributed by atoms with van der Waals surface area (Å²) in [6.45, 7) is 3.88. The highest BCUT2D eigenvalue weighted by molar-refractivity contribution is 5.64. The average Bonchev–Trinajstić information content (AvgIpc) is 2.87. The minimum atomic E-state index is -2.81. The maximum absolute atomic E-state index is 13.0. The zero-order chi connectivity index (χ0) is 15.6. The number of halogens is 2. The van der Waals surface area contributed by atoms with Crippen LogP contribution in [0.5, 0.6) is 0 Å². The van der Waals surface area contributed by atoms with E-state index in [1.807, 2.05) is 13.8 Å². The van der Waals surface area contributed by atoms with Gasteiger partial charge in [-0.2, -0.15) is 5.10 Å². The Bertz CT molecular complexity index is 655. The number of non-ortho nitro benzene ring substituents is 1. The van der Waals surface area contributed by atoms with E-state index < -0.39 is 16.9 Å². The molecule has 21 heavy (non-hydrogen) atoms. The molecule has 0 aliphatic rings. The van der Waals surface area contributed by atoms with E-state index in [9.17, 15) is 18.9 Å². The summed E-state index contributed by atoms with van der Waals surface area (Å²) < 4.78 is 27.7. The lowest BCUT2D eigenvalue weighted by molar-refractivity contribution is -0.385. The molecule has 1 heterocycles. The molecular formula is C13H14F2N4O2. The molecule has 1 N–H and O–H groups in total. The predicted molar refractivity (Wildman–Crippen MR) is 73.9 cm³/mol. The maximum Gasteiger partial charge on any atom is 0.270 e. The number of hydrogen-bond donors (Lipinski definition) is 1. The Morgan fingerprint density at radius 3 is 2.62 bits per heavy atom. The van der Waals surface area contributed by atoms with Crippen molar-refractivity contribution in [1.29, 1.82) is 0 Å². The van der Waals surface area contributed by atoms with Gasteiger partial charge in [0.1, 0.15) is 0 Å². The van der Waals surface area contributed by atoms with Gasteiger partial charge in [-0.1, -0.05) is 0 Å². The Morgan fingerprint density at radius 1 is 1.38 bits per heavy atom. The summed E-state index contributed by atoms with van der Waals surface area (Å²) >= 11 is 0. The van der Waals surface area contributed by atoms with Gasteiger partial charge in [0.15, 0.2) is 0 Å². The molecule has 0 spiro atoms. The number of rotatable bonds is 5. The quantitative estimate of drug-likeness (QED) is 0.667. The molecule has 0 aliphatic heterocycles. The van der Waals surface area contributed by atoms with Gasteiger partial charge in [-0.25, -0.2) is 8.78 Å². The SMILES string of the molecule is CC(C)n1cc(Nc2ccc([N+](=O)[O-])cc2C(F)F)cn1. The van der Waals surface area contributed by atoms with Gasteiger partial charge in [-0.15, -0.1) is 0 Å². The number of anilines is 2. The number of nitrogens with zero attached hydrogens (tertiary/aromatic N) is 3. The first-order valence-electron chi connectivity index (χ1n) is 6.26. The standard InChI is InChI=1S/C13H14F2N4O2/c1-8(2)18-7-9(6-16-18)17-12-4-3-10(19(20)21)5-11(12)13(14)15/h3-8,13,17H,1-2H3. The van der Waals surface area contributed by atoms with Gasteiger partial charge in [0.05, 0.1) is 16.8 Å². The van der Waals surface area contributed by atoms with Gasteiger partial charge in [-0.05, 0) is 19.9 Å². The first kappa shape index (κ1) is 14.9. The van der Waals surface area contributed by atoms with Crippen molar-refractivity contribution in [3.63, 3.8) is 0 Å². The Morgan fingerprint density at radius 2 is 2.10 bits per heavy atom. The summed E-state index contributed by atoms with van der Waals surface area (Å²) in [5, 5.41) is 17.6. The summed E-state index contributed by atoms with van der Waals surface area (Å²) in [6.07, 6.45) is 0.380. The van der Waals surface area contributed by atoms with Gasteiger partial charge < -0.3 is 5.32 Å². The Labute approximate surface area is 119 Å². The van der Waals surface area contributed by atoms with Gasteiger partial charge in [0.25, 0.3) is 12.1 Å². The lowest BCUT2D eigenvalue weighted by atomic mass is 10.1. The van der Waals surface area contributed by atoms with Gasteiger partial charge in [-0.3, -0.25) is 14.8 Å². The minimum Gasteiger partial charge on any atom is -0.353 e. The van der Waals surface area contributed by atoms with E-state index in [1.165, 1.54) is 18.3 Å². The molecule has 1 aromatic carbocycles. The number of nitrogens with one attached hydrogen (secondary N) is 1. The van der Waals surface area contributed by atoms with Crippen molar-refractivity contribution in [2.75, 3.05) is 5.32 Å². The molecule has 6 nitrogen and oxygen atoms in total. The number of alkyl halides is 2. The molecule has 0 saturated heterocycles. The van der Waals surface area contributed by atoms with Crippen LogP contribution in [-0.2, 0) is 0 Å². The first-order valence-corrected chi connectivity index (χ1v) is 6.26. The molecule has 0 bridgehead atoms. The number of nitro groups is 1. The van der Waals surface area contributed by atoms with Crippen LogP contribution >= 0.6 is 0 Å². The first-order chi connectivity index (χ1) is 9.88. The Hall–Kier alpha value is -2.51. The summed E-state index contributed by atoms with van der Waals surface area (Å²) in [6, 6.07) is 3.47. The highest BCUT2D eigenvalue weighted by Gasteiger charge is 2.18. The summed E-state index contributed by atoms with van der Waals surface area (Å²) in [5.74, 6) is 0. The van der Waals surface area contributed by atoms with Crippen LogP contribution in [0.15, 0.2) is 30.6 Å². The summed E-state index contributed by atoms with van der Waals surface area (Å²) in [4.78, 5) is 9.95. The summed E-state index contributed by atoms with van der Waals surface area (Å²) in [7, 11) is 0. The van der Waals surface area contributed by atoms with Gasteiger partial charge in [0, 0.05) is 35.6 Å². The normalized spacial score (nSPS) is 11.1. The second-order valence-electron chi connectivity index (χ2n) is 4.76. The molecule has 1 aromatic heterocycles. The predicted octanol–water partition coefficient (Wildman–Crippen LogP) is 4.05. The maximum atomic E-state index is 13.0. The van der Waals surface area contributed by atoms with Crippen molar-refractivity contribution in [3.05, 3.63) is 46.3 Å². The Balaban J connectivity index is 2.32. The van der Waals surface area contributed by atoms with Gasteiger partial charge >= 0.3 is 0 Å². The van der Waals surface area contributed by atoms with Crippen molar-refractivity contribution in [3.8, 4) is 0 Å². The minimum absolute atomic E-state index is 0.124. The average molecular weight is 296 g/mol. The molecule has 8 heteroatoms. The molecule has 0 fully saturated rings. The molecular weight excluding hydrogens is 282 g/mol. The van der Waals surface area contributed by atoms with Crippen LogP contribution in [0.1, 0.15) is 31.9 Å². The largest absolute Gasteiger partial charge is 0.353 e. The van der Waals surface area contributed by atoms with E-state index in [-0.39, 0.29) is 17.4 Å². The third-order valence-corrected chi connectivity index (χ3v) is 2.89. The molecule has 0 unspecified atom stereocenters. The van der Waals surface area contributed by atoms with Crippen molar-refractivity contribution in [2.24, 2.45) is 0 Å². The van der Waals surface area contributed by atoms with Crippen LogP contribution in [0.25, 0.3) is 0 Å². The van der Waals surface area contributed by atoms with Crippen LogP contribution in [0.4, 0.5) is 25.8 Å². The fraction of sp³-hybridized carbons (Fsp3) is 0.308. The topological polar surface area (TPSA) is 73.0 Å². The molecule has 0 aliphatic carbocycles. The van der Waals surface area contributed by atoms with Crippen LogP contribution in [0.2, 0.25) is 0 Å². The molecule has 0 amide bonds. The molecule has 0 atom stereocenters. The van der Waals surface area contributed by atoms with Crippen LogP contribution in [0, 0.1) is 10.1 Å². The van der Waals surface area contributed by atoms with Crippen LogP contribution in [0.3, 0.4) is 0 Å². The molecule has 2 rings (SSSR count). The fourth-order valence-corrected chi connectivity index (χ4v) is 1.80. The highest BCUT2D eigenvalue weighted by atomic mass is 19.3. The van der Waals surface area contributed by atoms with E-state index in [0.29, 0.717) is 5.69 Å². The zero-order valence-corrected chi connectivity index (χ0v) is 11.5. The molecule has 0 saturated carbocycles. The molecule has 2 aromatic rings. The number of aromatic nitrogens is 2. The number of benzene rings is 1. The van der Waals surface area contributed by atoms with E-state index in [1.54, 1.807) is 10.9 Å². The monoisotopic (exact) mass is 296 g/mol. The third kappa shape index (κ3) is 3.33. The van der Waals surface area contributed by atoms with E-state index in [0.717, 1.165) is 6.07 Å². The Kier molecular flexibility index (Phi) is 4.15. The fourth-order valence-electron chi connectivity index (χ4n) is 1.80. The second kappa shape index (κ2) is 5.86. The van der Waals surface area contributed by atoms with Crippen LogP contribution < -0.4 is 5.32 Å². The van der Waals surface area contributed by atoms with Crippen LogP contribution in [-0.4, -0.2) is 14.7 Å². The van der Waals surface area contributed by atoms with E-state index in [4.69, 9.17) is 0 Å². The van der Waals surface area contributed by atoms with Crippen molar-refractivity contribution in [2.45, 2.75) is 26.3 Å². The highest BCUT2D eigenvalue weighted by Crippen LogP contribution is 2.32. The lowest BCUT2D eigenvalue weighted by Gasteiger charge is -2.10. The van der Waals surface area contributed by atoms with E-state index >= 15 is 0 Å². The second-order valence-corrected chi connectivity index (χ2v) is 4.76. The molecule has 112 valence electrons. The summed E-state index contributed by atoms with van der Waals surface area (Å²) in [5.41, 5.74) is -0.117. The van der Waals surface area contributed by atoms with Gasteiger partial charge in [0.2, 0.25) is 0 Å². The number of nitro benzene ring substituents is 1. The van der Waals surface area contributed by atoms with E-state index in [2.05, 4.69) is 10.4 Å². The van der Waals surface area contributed by atoms with Crippen molar-refractivity contribution in [1.82, 2.24) is 9.78 Å². The lowest BCUT2D eigenvalue weighted by Crippen LogP contribution is -2.00. The number of hydrogen-bond acceptors (Lipinski definition) is 4. The van der Waals surface area contributed by atoms with Crippen molar-refractivity contribution >= 4 is 17.1 Å². The smallest absolute Gasteiger partial charge is 0.270 e.